The third kappa shape index (κ3) is 3.85. The number of hydrogen-bond donors (Lipinski definition) is 1. The number of rotatable bonds is 5. The van der Waals surface area contributed by atoms with Crippen molar-refractivity contribution in [2.45, 2.75) is 52.6 Å². The van der Waals surface area contributed by atoms with E-state index in [1.54, 1.807) is 0 Å². The summed E-state index contributed by atoms with van der Waals surface area (Å²) in [6.07, 6.45) is 3.00. The van der Waals surface area contributed by atoms with Crippen molar-refractivity contribution < 1.29 is 9.21 Å². The summed E-state index contributed by atoms with van der Waals surface area (Å²) in [6, 6.07) is 4.57. The molecule has 0 aliphatic carbocycles. The maximum Gasteiger partial charge on any atom is 0.225 e. The number of amides is 1. The summed E-state index contributed by atoms with van der Waals surface area (Å²) in [5, 5.41) is 3.53. The molecule has 0 atom stereocenters. The summed E-state index contributed by atoms with van der Waals surface area (Å²) in [6.45, 7) is 8.55. The molecule has 0 spiro atoms. The van der Waals surface area contributed by atoms with Gasteiger partial charge < -0.3 is 14.6 Å². The van der Waals surface area contributed by atoms with Gasteiger partial charge in [-0.05, 0) is 25.0 Å². The second-order valence-electron chi connectivity index (χ2n) is 5.86. The van der Waals surface area contributed by atoms with E-state index in [4.69, 9.17) is 4.42 Å². The lowest BCUT2D eigenvalue weighted by atomic mass is 10.0. The summed E-state index contributed by atoms with van der Waals surface area (Å²) < 4.78 is 5.69. The highest BCUT2D eigenvalue weighted by molar-refractivity contribution is 5.78. The summed E-state index contributed by atoms with van der Waals surface area (Å²) >= 11 is 0. The van der Waals surface area contributed by atoms with Crippen LogP contribution in [0.3, 0.4) is 0 Å². The van der Waals surface area contributed by atoms with Crippen LogP contribution in [0.1, 0.15) is 45.1 Å². The molecule has 1 aliphatic rings. The van der Waals surface area contributed by atoms with Crippen LogP contribution in [0.5, 0.6) is 0 Å². The van der Waals surface area contributed by atoms with Gasteiger partial charge >= 0.3 is 0 Å². The number of hydrogen-bond acceptors (Lipinski definition) is 3. The fourth-order valence-electron chi connectivity index (χ4n) is 2.62. The van der Waals surface area contributed by atoms with E-state index in [0.717, 1.165) is 50.4 Å². The summed E-state index contributed by atoms with van der Waals surface area (Å²) in [7, 11) is 0. The van der Waals surface area contributed by atoms with Crippen molar-refractivity contribution >= 4 is 5.91 Å². The Balaban J connectivity index is 1.73. The Bertz CT molecular complexity index is 431. The summed E-state index contributed by atoms with van der Waals surface area (Å²) in [4.78, 5) is 13.9. The molecule has 2 rings (SSSR count). The van der Waals surface area contributed by atoms with E-state index in [-0.39, 0.29) is 11.8 Å². The van der Waals surface area contributed by atoms with Crippen LogP contribution in [0.15, 0.2) is 16.5 Å². The predicted molar refractivity (Wildman–Crippen MR) is 79.4 cm³/mol. The molecule has 112 valence electrons. The van der Waals surface area contributed by atoms with E-state index >= 15 is 0 Å². The average molecular weight is 278 g/mol. The third-order valence-corrected chi connectivity index (χ3v) is 3.93. The van der Waals surface area contributed by atoms with E-state index < -0.39 is 0 Å². The van der Waals surface area contributed by atoms with Crippen LogP contribution >= 0.6 is 0 Å². The third-order valence-electron chi connectivity index (χ3n) is 3.93. The van der Waals surface area contributed by atoms with E-state index in [9.17, 15) is 4.79 Å². The maximum absolute atomic E-state index is 11.9. The van der Waals surface area contributed by atoms with Gasteiger partial charge in [-0.25, -0.2) is 0 Å². The molecule has 0 aromatic carbocycles. The Morgan fingerprint density at radius 3 is 2.55 bits per heavy atom. The van der Waals surface area contributed by atoms with Crippen LogP contribution in [0.4, 0.5) is 0 Å². The van der Waals surface area contributed by atoms with E-state index in [1.165, 1.54) is 0 Å². The minimum Gasteiger partial charge on any atom is -0.465 e. The van der Waals surface area contributed by atoms with E-state index in [1.807, 2.05) is 30.9 Å². The van der Waals surface area contributed by atoms with Crippen molar-refractivity contribution in [3.05, 3.63) is 23.7 Å². The van der Waals surface area contributed by atoms with Gasteiger partial charge in [-0.2, -0.15) is 0 Å². The highest BCUT2D eigenvalue weighted by Gasteiger charge is 2.23. The van der Waals surface area contributed by atoms with Crippen LogP contribution in [-0.2, 0) is 17.8 Å². The Kier molecular flexibility index (Phi) is 5.24. The van der Waals surface area contributed by atoms with E-state index in [2.05, 4.69) is 12.2 Å². The molecule has 0 radical (unpaired) electrons. The topological polar surface area (TPSA) is 45.5 Å². The first-order valence-electron chi connectivity index (χ1n) is 7.70. The Labute approximate surface area is 121 Å². The van der Waals surface area contributed by atoms with Crippen LogP contribution < -0.4 is 5.32 Å². The van der Waals surface area contributed by atoms with Gasteiger partial charge in [-0.3, -0.25) is 4.79 Å². The van der Waals surface area contributed by atoms with Gasteiger partial charge in [-0.15, -0.1) is 0 Å². The zero-order valence-corrected chi connectivity index (χ0v) is 12.8. The fourth-order valence-corrected chi connectivity index (χ4v) is 2.62. The number of nitrogens with zero attached hydrogens (tertiary/aromatic N) is 1. The molecule has 1 amide bonds. The zero-order chi connectivity index (χ0) is 14.5. The van der Waals surface area contributed by atoms with Gasteiger partial charge in [0.25, 0.3) is 0 Å². The fraction of sp³-hybridized carbons (Fsp3) is 0.688. The largest absolute Gasteiger partial charge is 0.465 e. The molecule has 1 aromatic heterocycles. The van der Waals surface area contributed by atoms with Crippen LogP contribution in [0.2, 0.25) is 0 Å². The first-order chi connectivity index (χ1) is 9.60. The lowest BCUT2D eigenvalue weighted by Gasteiger charge is -2.33. The van der Waals surface area contributed by atoms with Crippen molar-refractivity contribution in [1.82, 2.24) is 10.2 Å². The molecular weight excluding hydrogens is 252 g/mol. The first-order valence-corrected chi connectivity index (χ1v) is 7.70. The Morgan fingerprint density at radius 2 is 2.00 bits per heavy atom. The number of likely N-dealkylation sites (tertiary alicyclic amines) is 1. The molecule has 1 aliphatic heterocycles. The molecule has 1 fully saturated rings. The number of furan rings is 1. The standard InChI is InChI=1S/C16H26N2O2/c1-4-14-5-6-15(20-14)11-17-13-7-9-18(10-8-13)16(19)12(2)3/h5-6,12-13,17H,4,7-11H2,1-3H3. The lowest BCUT2D eigenvalue weighted by molar-refractivity contribution is -0.135. The van der Waals surface area contributed by atoms with Crippen LogP contribution in [0, 0.1) is 5.92 Å². The van der Waals surface area contributed by atoms with Crippen molar-refractivity contribution in [2.24, 2.45) is 5.92 Å². The monoisotopic (exact) mass is 278 g/mol. The number of aryl methyl sites for hydroxylation is 1. The molecule has 0 unspecified atom stereocenters. The molecular formula is C16H26N2O2. The maximum atomic E-state index is 11.9. The molecule has 4 nitrogen and oxygen atoms in total. The molecule has 0 saturated carbocycles. The number of carbonyl (C=O) groups excluding carboxylic acids is 1. The van der Waals surface area contributed by atoms with Gasteiger partial charge in [0.2, 0.25) is 5.91 Å². The normalized spacial score (nSPS) is 16.9. The smallest absolute Gasteiger partial charge is 0.225 e. The molecule has 1 saturated heterocycles. The van der Waals surface area contributed by atoms with E-state index in [0.29, 0.717) is 6.04 Å². The van der Waals surface area contributed by atoms with Crippen molar-refractivity contribution in [3.8, 4) is 0 Å². The van der Waals surface area contributed by atoms with Crippen molar-refractivity contribution in [3.63, 3.8) is 0 Å². The molecule has 4 heteroatoms. The molecule has 1 aromatic rings. The minimum absolute atomic E-state index is 0.107. The van der Waals surface area contributed by atoms with Gasteiger partial charge in [0.15, 0.2) is 0 Å². The van der Waals surface area contributed by atoms with Gasteiger partial charge in [0.1, 0.15) is 11.5 Å². The lowest BCUT2D eigenvalue weighted by Crippen LogP contribution is -2.45. The minimum atomic E-state index is 0.107. The summed E-state index contributed by atoms with van der Waals surface area (Å²) in [5.74, 6) is 2.43. The Morgan fingerprint density at radius 1 is 1.35 bits per heavy atom. The van der Waals surface area contributed by atoms with Crippen molar-refractivity contribution in [2.75, 3.05) is 13.1 Å². The zero-order valence-electron chi connectivity index (χ0n) is 12.8. The summed E-state index contributed by atoms with van der Waals surface area (Å²) in [5.41, 5.74) is 0. The van der Waals surface area contributed by atoms with Crippen molar-refractivity contribution in [1.29, 1.82) is 0 Å². The second-order valence-corrected chi connectivity index (χ2v) is 5.86. The van der Waals surface area contributed by atoms with Crippen LogP contribution in [0.25, 0.3) is 0 Å². The SMILES string of the molecule is CCc1ccc(CNC2CCN(C(=O)C(C)C)CC2)o1. The Hall–Kier alpha value is -1.29. The van der Waals surface area contributed by atoms with Gasteiger partial charge in [-0.1, -0.05) is 20.8 Å². The molecule has 2 heterocycles. The molecule has 0 bridgehead atoms. The quantitative estimate of drug-likeness (QED) is 0.900. The number of carbonyl (C=O) groups is 1. The highest BCUT2D eigenvalue weighted by Crippen LogP contribution is 2.14. The predicted octanol–water partition coefficient (Wildman–Crippen LogP) is 2.58. The second kappa shape index (κ2) is 6.93. The van der Waals surface area contributed by atoms with Crippen LogP contribution in [-0.4, -0.2) is 29.9 Å². The molecule has 20 heavy (non-hydrogen) atoms. The highest BCUT2D eigenvalue weighted by atomic mass is 16.3. The molecule has 1 N–H and O–H groups in total. The average Bonchev–Trinajstić information content (AvgIpc) is 2.93. The van der Waals surface area contributed by atoms with Gasteiger partial charge in [0, 0.05) is 31.5 Å². The first kappa shape index (κ1) is 15.1. The van der Waals surface area contributed by atoms with Gasteiger partial charge in [0.05, 0.1) is 6.54 Å². The number of piperidine rings is 1. The number of nitrogens with one attached hydrogen (secondary N) is 1.